The summed E-state index contributed by atoms with van der Waals surface area (Å²) in [5.74, 6) is 0. The van der Waals surface area contributed by atoms with Crippen LogP contribution in [0.15, 0.2) is 66.7 Å². The van der Waals surface area contributed by atoms with Gasteiger partial charge in [0.2, 0.25) is 0 Å². The SMILES string of the molecule is Clc1cc2ccc1=2.N#CCC(O)c1ccc(-c2ccc(Cl)cc2)cc1. The molecule has 2 nitrogen and oxygen atoms in total. The van der Waals surface area contributed by atoms with Crippen molar-refractivity contribution in [2.75, 3.05) is 0 Å². The van der Waals surface area contributed by atoms with Crippen molar-refractivity contribution in [3.63, 3.8) is 0 Å². The van der Waals surface area contributed by atoms with Gasteiger partial charge >= 0.3 is 0 Å². The third-order valence-corrected chi connectivity index (χ3v) is 4.60. The Morgan fingerprint density at radius 3 is 1.84 bits per heavy atom. The van der Waals surface area contributed by atoms with Gasteiger partial charge in [0.05, 0.1) is 18.6 Å². The second-order valence-electron chi connectivity index (χ2n) is 5.70. The van der Waals surface area contributed by atoms with Crippen LogP contribution in [0, 0.1) is 21.8 Å². The second kappa shape index (κ2) is 7.72. The molecule has 4 rings (SSSR count). The third kappa shape index (κ3) is 4.03. The smallest absolute Gasteiger partial charge is 0.0919 e. The van der Waals surface area contributed by atoms with Crippen molar-refractivity contribution in [3.05, 3.63) is 92.8 Å². The lowest BCUT2D eigenvalue weighted by Crippen LogP contribution is -1.95. The Labute approximate surface area is 156 Å². The molecule has 0 saturated heterocycles. The van der Waals surface area contributed by atoms with Crippen LogP contribution in [0.3, 0.4) is 0 Å². The quantitative estimate of drug-likeness (QED) is 0.490. The molecule has 0 heterocycles. The lowest BCUT2D eigenvalue weighted by molar-refractivity contribution is 0.183. The highest BCUT2D eigenvalue weighted by Crippen LogP contribution is 2.24. The fraction of sp³-hybridized carbons (Fsp3) is 0.0952. The Balaban J connectivity index is 0.000000213. The Morgan fingerprint density at radius 2 is 1.48 bits per heavy atom. The maximum absolute atomic E-state index is 9.68. The van der Waals surface area contributed by atoms with E-state index in [9.17, 15) is 5.11 Å². The van der Waals surface area contributed by atoms with E-state index in [1.165, 1.54) is 10.4 Å². The van der Waals surface area contributed by atoms with Crippen molar-refractivity contribution in [1.82, 2.24) is 0 Å². The van der Waals surface area contributed by atoms with E-state index in [1.54, 1.807) is 0 Å². The number of rotatable bonds is 3. The zero-order valence-electron chi connectivity index (χ0n) is 13.3. The molecule has 25 heavy (non-hydrogen) atoms. The minimum absolute atomic E-state index is 0.111. The molecular weight excluding hydrogens is 353 g/mol. The molecule has 0 amide bonds. The minimum atomic E-state index is -0.714. The summed E-state index contributed by atoms with van der Waals surface area (Å²) in [6, 6.07) is 23.1. The Hall–Kier alpha value is -2.31. The minimum Gasteiger partial charge on any atom is -0.387 e. The third-order valence-electron chi connectivity index (χ3n) is 4.04. The van der Waals surface area contributed by atoms with E-state index in [2.05, 4.69) is 6.07 Å². The van der Waals surface area contributed by atoms with Crippen molar-refractivity contribution in [3.8, 4) is 17.2 Å². The molecule has 2 aromatic carbocycles. The van der Waals surface area contributed by atoms with Crippen molar-refractivity contribution in [2.24, 2.45) is 0 Å². The van der Waals surface area contributed by atoms with Crippen LogP contribution >= 0.6 is 23.2 Å². The number of halogens is 2. The summed E-state index contributed by atoms with van der Waals surface area (Å²) < 4.78 is 0. The van der Waals surface area contributed by atoms with E-state index >= 15 is 0 Å². The Morgan fingerprint density at radius 1 is 0.880 bits per heavy atom. The van der Waals surface area contributed by atoms with Crippen LogP contribution in [0.4, 0.5) is 0 Å². The predicted octanol–water partition coefficient (Wildman–Crippen LogP) is 5.89. The predicted molar refractivity (Wildman–Crippen MR) is 101 cm³/mol. The number of hydrogen-bond acceptors (Lipinski definition) is 2. The van der Waals surface area contributed by atoms with Crippen LogP contribution in [-0.2, 0) is 0 Å². The summed E-state index contributed by atoms with van der Waals surface area (Å²) in [7, 11) is 0. The van der Waals surface area contributed by atoms with Gasteiger partial charge in [0.15, 0.2) is 0 Å². The lowest BCUT2D eigenvalue weighted by atomic mass is 10.0. The normalized spacial score (nSPS) is 11.8. The van der Waals surface area contributed by atoms with Gasteiger partial charge in [-0.2, -0.15) is 5.26 Å². The molecule has 2 aliphatic carbocycles. The molecule has 2 aliphatic rings. The summed E-state index contributed by atoms with van der Waals surface area (Å²) in [5.41, 5.74) is 2.88. The van der Waals surface area contributed by atoms with E-state index < -0.39 is 6.10 Å². The molecule has 2 aromatic rings. The Bertz CT molecular complexity index is 1010. The number of nitrogens with zero attached hydrogens (tertiary/aromatic N) is 1. The van der Waals surface area contributed by atoms with Crippen LogP contribution in [0.1, 0.15) is 18.1 Å². The maximum Gasteiger partial charge on any atom is 0.0919 e. The zero-order chi connectivity index (χ0) is 17.8. The molecule has 0 spiro atoms. The molecule has 0 bridgehead atoms. The summed E-state index contributed by atoms with van der Waals surface area (Å²) in [6.45, 7) is 0. The first-order valence-corrected chi connectivity index (χ1v) is 8.55. The van der Waals surface area contributed by atoms with Gasteiger partial charge in [0.25, 0.3) is 0 Å². The summed E-state index contributed by atoms with van der Waals surface area (Å²) in [4.78, 5) is 0. The summed E-state index contributed by atoms with van der Waals surface area (Å²) >= 11 is 11.4. The molecule has 0 radical (unpaired) electrons. The molecule has 4 heteroatoms. The molecule has 0 aliphatic heterocycles. The summed E-state index contributed by atoms with van der Waals surface area (Å²) in [6.07, 6.45) is -0.602. The average molecular weight is 368 g/mol. The fourth-order valence-corrected chi connectivity index (χ4v) is 2.90. The molecule has 1 atom stereocenters. The first-order valence-electron chi connectivity index (χ1n) is 7.79. The largest absolute Gasteiger partial charge is 0.387 e. The van der Waals surface area contributed by atoms with Gasteiger partial charge < -0.3 is 5.11 Å². The highest BCUT2D eigenvalue weighted by molar-refractivity contribution is 6.31. The van der Waals surface area contributed by atoms with E-state index in [0.717, 1.165) is 21.7 Å². The molecule has 1 N–H and O–H groups in total. The molecule has 124 valence electrons. The average Bonchev–Trinajstić information content (AvgIpc) is 2.61. The van der Waals surface area contributed by atoms with Gasteiger partial charge in [-0.05, 0) is 40.1 Å². The van der Waals surface area contributed by atoms with E-state index in [1.807, 2.05) is 66.7 Å². The van der Waals surface area contributed by atoms with Crippen molar-refractivity contribution >= 4 is 23.2 Å². The maximum atomic E-state index is 9.68. The first kappa shape index (κ1) is 17.5. The highest BCUT2D eigenvalue weighted by atomic mass is 35.5. The fourth-order valence-electron chi connectivity index (χ4n) is 2.49. The number of nitriles is 1. The molecule has 1 unspecified atom stereocenters. The van der Waals surface area contributed by atoms with Crippen LogP contribution in [-0.4, -0.2) is 5.11 Å². The van der Waals surface area contributed by atoms with Crippen LogP contribution in [0.25, 0.3) is 11.1 Å². The molecule has 0 fully saturated rings. The number of hydrogen-bond donors (Lipinski definition) is 1. The molecular formula is C21H15Cl2NO. The topological polar surface area (TPSA) is 44.0 Å². The van der Waals surface area contributed by atoms with Crippen LogP contribution in [0.5, 0.6) is 0 Å². The van der Waals surface area contributed by atoms with Crippen molar-refractivity contribution in [1.29, 1.82) is 5.26 Å². The first-order chi connectivity index (χ1) is 12.1. The van der Waals surface area contributed by atoms with Crippen molar-refractivity contribution < 1.29 is 5.11 Å². The zero-order valence-corrected chi connectivity index (χ0v) is 14.8. The Kier molecular flexibility index (Phi) is 5.40. The van der Waals surface area contributed by atoms with Crippen LogP contribution in [0.2, 0.25) is 10.0 Å². The number of aliphatic hydroxyl groups excluding tert-OH is 1. The van der Waals surface area contributed by atoms with E-state index in [-0.39, 0.29) is 6.42 Å². The van der Waals surface area contributed by atoms with Gasteiger partial charge in [-0.25, -0.2) is 0 Å². The van der Waals surface area contributed by atoms with Gasteiger partial charge in [-0.1, -0.05) is 71.7 Å². The monoisotopic (exact) mass is 367 g/mol. The highest BCUT2D eigenvalue weighted by Gasteiger charge is 2.06. The number of benzene rings is 3. The number of aliphatic hydroxyl groups is 1. The molecule has 0 aromatic heterocycles. The van der Waals surface area contributed by atoms with Gasteiger partial charge in [0.1, 0.15) is 0 Å². The van der Waals surface area contributed by atoms with Gasteiger partial charge in [-0.15, -0.1) is 0 Å². The van der Waals surface area contributed by atoms with E-state index in [0.29, 0.717) is 5.02 Å². The van der Waals surface area contributed by atoms with E-state index in [4.69, 9.17) is 28.5 Å². The van der Waals surface area contributed by atoms with Crippen molar-refractivity contribution in [2.45, 2.75) is 12.5 Å². The lowest BCUT2D eigenvalue weighted by Gasteiger charge is -2.08. The van der Waals surface area contributed by atoms with Crippen LogP contribution < -0.4 is 0 Å². The summed E-state index contributed by atoms with van der Waals surface area (Å²) in [5, 5.41) is 22.4. The second-order valence-corrected chi connectivity index (χ2v) is 6.55. The standard InChI is InChI=1S/C15H12ClNO.C6H3Cl/c16-14-7-5-12(6-8-14)11-1-3-13(4-2-11)15(18)9-10-17;7-6-3-4-1-2-5(4)6/h1-8,15,18H,9H2;1-3H. The molecule has 0 saturated carbocycles. The van der Waals surface area contributed by atoms with Gasteiger partial charge in [0, 0.05) is 15.3 Å². The van der Waals surface area contributed by atoms with Gasteiger partial charge in [-0.3, -0.25) is 0 Å².